The summed E-state index contributed by atoms with van der Waals surface area (Å²) >= 11 is 0. The molecule has 2 heterocycles. The Kier molecular flexibility index (Phi) is 4.80. The molecule has 98 valence electrons. The highest BCUT2D eigenvalue weighted by atomic mass is 16.5. The molecule has 2 saturated heterocycles. The second kappa shape index (κ2) is 6.36. The van der Waals surface area contributed by atoms with Crippen molar-refractivity contribution >= 4 is 5.97 Å². The number of piperidine rings is 1. The van der Waals surface area contributed by atoms with Crippen molar-refractivity contribution in [1.82, 2.24) is 4.90 Å². The standard InChI is InChI=1S/C13H23NO3/c15-13(16)6-5-11-3-1-7-14(9-11)12-4-2-8-17-10-12/h11-12H,1-10H2,(H,15,16). The summed E-state index contributed by atoms with van der Waals surface area (Å²) < 4.78 is 5.53. The highest BCUT2D eigenvalue weighted by Crippen LogP contribution is 2.25. The maximum absolute atomic E-state index is 10.6. The lowest BCUT2D eigenvalue weighted by atomic mass is 9.91. The minimum Gasteiger partial charge on any atom is -0.481 e. The van der Waals surface area contributed by atoms with Crippen molar-refractivity contribution in [2.45, 2.75) is 44.6 Å². The van der Waals surface area contributed by atoms with Crippen LogP contribution in [0.3, 0.4) is 0 Å². The Labute approximate surface area is 103 Å². The van der Waals surface area contributed by atoms with Crippen molar-refractivity contribution in [1.29, 1.82) is 0 Å². The third-order valence-electron chi connectivity index (χ3n) is 3.97. The van der Waals surface area contributed by atoms with Gasteiger partial charge in [-0.3, -0.25) is 9.69 Å². The number of carboxylic acids is 1. The van der Waals surface area contributed by atoms with E-state index in [9.17, 15) is 4.79 Å². The molecule has 2 unspecified atom stereocenters. The second-order valence-corrected chi connectivity index (χ2v) is 5.31. The molecule has 2 aliphatic heterocycles. The number of rotatable bonds is 4. The van der Waals surface area contributed by atoms with Crippen LogP contribution in [0.25, 0.3) is 0 Å². The number of carbonyl (C=O) groups is 1. The second-order valence-electron chi connectivity index (χ2n) is 5.31. The summed E-state index contributed by atoms with van der Waals surface area (Å²) in [4.78, 5) is 13.1. The summed E-state index contributed by atoms with van der Waals surface area (Å²) in [6.07, 6.45) is 5.96. The van der Waals surface area contributed by atoms with Gasteiger partial charge in [0.25, 0.3) is 0 Å². The number of hydrogen-bond acceptors (Lipinski definition) is 3. The van der Waals surface area contributed by atoms with E-state index in [2.05, 4.69) is 4.90 Å². The van der Waals surface area contributed by atoms with Crippen LogP contribution in [0.15, 0.2) is 0 Å². The fourth-order valence-corrected chi connectivity index (χ4v) is 3.00. The molecule has 17 heavy (non-hydrogen) atoms. The molecular weight excluding hydrogens is 218 g/mol. The molecule has 0 saturated carbocycles. The zero-order chi connectivity index (χ0) is 12.1. The van der Waals surface area contributed by atoms with Gasteiger partial charge in [0, 0.05) is 25.6 Å². The van der Waals surface area contributed by atoms with Crippen LogP contribution in [0.5, 0.6) is 0 Å². The van der Waals surface area contributed by atoms with Gasteiger partial charge in [-0.1, -0.05) is 0 Å². The van der Waals surface area contributed by atoms with E-state index in [1.807, 2.05) is 0 Å². The minimum atomic E-state index is -0.664. The van der Waals surface area contributed by atoms with Crippen LogP contribution < -0.4 is 0 Å². The monoisotopic (exact) mass is 241 g/mol. The van der Waals surface area contributed by atoms with Crippen LogP contribution in [0, 0.1) is 5.92 Å². The smallest absolute Gasteiger partial charge is 0.303 e. The van der Waals surface area contributed by atoms with Crippen LogP contribution in [-0.2, 0) is 9.53 Å². The van der Waals surface area contributed by atoms with Crippen molar-refractivity contribution in [3.05, 3.63) is 0 Å². The zero-order valence-electron chi connectivity index (χ0n) is 10.4. The summed E-state index contributed by atoms with van der Waals surface area (Å²) in [7, 11) is 0. The quantitative estimate of drug-likeness (QED) is 0.814. The maximum atomic E-state index is 10.6. The van der Waals surface area contributed by atoms with Gasteiger partial charge in [-0.05, 0) is 44.6 Å². The third kappa shape index (κ3) is 3.96. The summed E-state index contributed by atoms with van der Waals surface area (Å²) in [5.41, 5.74) is 0. The van der Waals surface area contributed by atoms with Gasteiger partial charge in [-0.25, -0.2) is 0 Å². The van der Waals surface area contributed by atoms with Gasteiger partial charge in [-0.15, -0.1) is 0 Å². The molecule has 2 aliphatic rings. The van der Waals surface area contributed by atoms with Crippen LogP contribution in [0.1, 0.15) is 38.5 Å². The topological polar surface area (TPSA) is 49.8 Å². The molecule has 0 spiro atoms. The largest absolute Gasteiger partial charge is 0.481 e. The predicted octanol–water partition coefficient (Wildman–Crippen LogP) is 1.74. The molecule has 4 heteroatoms. The van der Waals surface area contributed by atoms with Gasteiger partial charge >= 0.3 is 5.97 Å². The zero-order valence-corrected chi connectivity index (χ0v) is 10.4. The Morgan fingerprint density at radius 1 is 1.35 bits per heavy atom. The molecular formula is C13H23NO3. The molecule has 0 radical (unpaired) electrons. The van der Waals surface area contributed by atoms with Crippen molar-refractivity contribution in [3.63, 3.8) is 0 Å². The highest BCUT2D eigenvalue weighted by Gasteiger charge is 2.27. The van der Waals surface area contributed by atoms with Gasteiger partial charge in [0.15, 0.2) is 0 Å². The number of nitrogens with zero attached hydrogens (tertiary/aromatic N) is 1. The van der Waals surface area contributed by atoms with Crippen molar-refractivity contribution in [2.24, 2.45) is 5.92 Å². The lowest BCUT2D eigenvalue weighted by molar-refractivity contribution is -0.137. The van der Waals surface area contributed by atoms with E-state index in [0.717, 1.165) is 32.7 Å². The van der Waals surface area contributed by atoms with Crippen LogP contribution in [0.4, 0.5) is 0 Å². The Bertz CT molecular complexity index is 251. The number of likely N-dealkylation sites (tertiary alicyclic amines) is 1. The first-order chi connectivity index (χ1) is 8.25. The molecule has 0 aromatic rings. The molecule has 0 aliphatic carbocycles. The van der Waals surface area contributed by atoms with Crippen LogP contribution in [0.2, 0.25) is 0 Å². The first-order valence-electron chi connectivity index (χ1n) is 6.79. The molecule has 1 N–H and O–H groups in total. The molecule has 0 amide bonds. The molecule has 4 nitrogen and oxygen atoms in total. The van der Waals surface area contributed by atoms with Crippen molar-refractivity contribution < 1.29 is 14.6 Å². The van der Waals surface area contributed by atoms with Crippen LogP contribution >= 0.6 is 0 Å². The normalized spacial score (nSPS) is 31.3. The predicted molar refractivity (Wildman–Crippen MR) is 65.0 cm³/mol. The summed E-state index contributed by atoms with van der Waals surface area (Å²) in [6, 6.07) is 0.580. The number of aliphatic carboxylic acids is 1. The first kappa shape index (κ1) is 12.8. The van der Waals surface area contributed by atoms with Crippen LogP contribution in [-0.4, -0.2) is 48.3 Å². The Morgan fingerprint density at radius 2 is 2.24 bits per heavy atom. The average molecular weight is 241 g/mol. The van der Waals surface area contributed by atoms with Crippen molar-refractivity contribution in [2.75, 3.05) is 26.3 Å². The fraction of sp³-hybridized carbons (Fsp3) is 0.923. The van der Waals surface area contributed by atoms with Gasteiger partial charge in [-0.2, -0.15) is 0 Å². The van der Waals surface area contributed by atoms with Gasteiger partial charge < -0.3 is 9.84 Å². The van der Waals surface area contributed by atoms with E-state index < -0.39 is 5.97 Å². The number of ether oxygens (including phenoxy) is 1. The Balaban J connectivity index is 1.77. The molecule has 2 fully saturated rings. The lowest BCUT2D eigenvalue weighted by Crippen LogP contribution is -2.46. The minimum absolute atomic E-state index is 0.319. The van der Waals surface area contributed by atoms with E-state index in [1.54, 1.807) is 0 Å². The van der Waals surface area contributed by atoms with E-state index in [-0.39, 0.29) is 0 Å². The van der Waals surface area contributed by atoms with E-state index in [0.29, 0.717) is 18.4 Å². The molecule has 0 aromatic heterocycles. The summed E-state index contributed by atoms with van der Waals surface area (Å²) in [5, 5.41) is 8.73. The van der Waals surface area contributed by atoms with E-state index in [1.165, 1.54) is 25.7 Å². The van der Waals surface area contributed by atoms with E-state index in [4.69, 9.17) is 9.84 Å². The van der Waals surface area contributed by atoms with Gasteiger partial charge in [0.2, 0.25) is 0 Å². The lowest BCUT2D eigenvalue weighted by Gasteiger charge is -2.39. The fourth-order valence-electron chi connectivity index (χ4n) is 3.00. The average Bonchev–Trinajstić information content (AvgIpc) is 2.38. The number of hydrogen-bond donors (Lipinski definition) is 1. The Morgan fingerprint density at radius 3 is 2.94 bits per heavy atom. The SMILES string of the molecule is O=C(O)CCC1CCCN(C2CCCOC2)C1. The molecule has 2 rings (SSSR count). The first-order valence-corrected chi connectivity index (χ1v) is 6.79. The molecule has 0 bridgehead atoms. The summed E-state index contributed by atoms with van der Waals surface area (Å²) in [5.74, 6) is -0.0927. The third-order valence-corrected chi connectivity index (χ3v) is 3.97. The maximum Gasteiger partial charge on any atom is 0.303 e. The van der Waals surface area contributed by atoms with E-state index >= 15 is 0 Å². The summed E-state index contributed by atoms with van der Waals surface area (Å²) in [6.45, 7) is 4.01. The highest BCUT2D eigenvalue weighted by molar-refractivity contribution is 5.66. The number of carboxylic acid groups (broad SMARTS) is 1. The van der Waals surface area contributed by atoms with Gasteiger partial charge in [0.1, 0.15) is 0 Å². The van der Waals surface area contributed by atoms with Crippen molar-refractivity contribution in [3.8, 4) is 0 Å². The molecule has 0 aromatic carbocycles. The van der Waals surface area contributed by atoms with Gasteiger partial charge in [0.05, 0.1) is 6.61 Å². The Hall–Kier alpha value is -0.610. The molecule has 2 atom stereocenters.